The second-order valence-electron chi connectivity index (χ2n) is 6.81. The third-order valence-corrected chi connectivity index (χ3v) is 3.89. The van der Waals surface area contributed by atoms with Crippen LogP contribution < -0.4 is 6.15 Å². The molecule has 0 heterocycles. The SMILES string of the molecule is Br.CCCCCCCCCCCCCCCC(C)(C)O.N. The van der Waals surface area contributed by atoms with Crippen LogP contribution in [0, 0.1) is 0 Å². The van der Waals surface area contributed by atoms with E-state index in [4.69, 9.17) is 0 Å². The van der Waals surface area contributed by atoms with Crippen molar-refractivity contribution in [3.63, 3.8) is 0 Å². The molecule has 0 fully saturated rings. The van der Waals surface area contributed by atoms with Crippen LogP contribution in [0.15, 0.2) is 0 Å². The molecule has 0 aromatic rings. The monoisotopic (exact) mass is 367 g/mol. The molecule has 132 valence electrons. The lowest BCUT2D eigenvalue weighted by molar-refractivity contribution is 0.0680. The van der Waals surface area contributed by atoms with E-state index in [1.807, 2.05) is 13.8 Å². The molecule has 0 unspecified atom stereocenters. The van der Waals surface area contributed by atoms with E-state index in [-0.39, 0.29) is 23.1 Å². The van der Waals surface area contributed by atoms with E-state index in [9.17, 15) is 5.11 Å². The lowest BCUT2D eigenvalue weighted by Gasteiger charge is -2.16. The first-order valence-electron chi connectivity index (χ1n) is 8.78. The zero-order valence-corrected chi connectivity index (χ0v) is 16.7. The van der Waals surface area contributed by atoms with Gasteiger partial charge in [-0.1, -0.05) is 90.4 Å². The first-order valence-corrected chi connectivity index (χ1v) is 8.78. The van der Waals surface area contributed by atoms with Crippen molar-refractivity contribution < 1.29 is 5.11 Å². The van der Waals surface area contributed by atoms with E-state index in [1.54, 1.807) is 0 Å². The molecule has 0 aliphatic rings. The van der Waals surface area contributed by atoms with Gasteiger partial charge >= 0.3 is 0 Å². The second-order valence-corrected chi connectivity index (χ2v) is 6.81. The summed E-state index contributed by atoms with van der Waals surface area (Å²) in [6.45, 7) is 6.10. The molecule has 0 radical (unpaired) electrons. The van der Waals surface area contributed by atoms with Gasteiger partial charge in [-0.3, -0.25) is 0 Å². The van der Waals surface area contributed by atoms with E-state index in [0.29, 0.717) is 0 Å². The summed E-state index contributed by atoms with van der Waals surface area (Å²) in [6.07, 6.45) is 19.0. The number of hydrogen-bond acceptors (Lipinski definition) is 2. The van der Waals surface area contributed by atoms with E-state index in [2.05, 4.69) is 6.92 Å². The third-order valence-electron chi connectivity index (χ3n) is 3.89. The molecule has 0 saturated heterocycles. The van der Waals surface area contributed by atoms with Gasteiger partial charge in [0, 0.05) is 0 Å². The number of unbranched alkanes of at least 4 members (excludes halogenated alkanes) is 12. The fourth-order valence-electron chi connectivity index (χ4n) is 2.58. The molecule has 0 bridgehead atoms. The molecule has 0 aliphatic carbocycles. The largest absolute Gasteiger partial charge is 0.390 e. The fraction of sp³-hybridized carbons (Fsp3) is 1.00. The van der Waals surface area contributed by atoms with Gasteiger partial charge in [-0.05, 0) is 20.3 Å². The maximum atomic E-state index is 9.59. The zero-order valence-electron chi connectivity index (χ0n) is 15.0. The summed E-state index contributed by atoms with van der Waals surface area (Å²) in [4.78, 5) is 0. The summed E-state index contributed by atoms with van der Waals surface area (Å²) >= 11 is 0. The van der Waals surface area contributed by atoms with Crippen molar-refractivity contribution >= 4 is 17.0 Å². The Hall–Kier alpha value is 0.400. The first-order chi connectivity index (χ1) is 9.06. The summed E-state index contributed by atoms with van der Waals surface area (Å²) in [7, 11) is 0. The Morgan fingerprint density at radius 2 is 0.905 bits per heavy atom. The fourth-order valence-corrected chi connectivity index (χ4v) is 2.58. The van der Waals surface area contributed by atoms with Crippen LogP contribution in [0.1, 0.15) is 111 Å². The Morgan fingerprint density at radius 3 is 1.19 bits per heavy atom. The van der Waals surface area contributed by atoms with E-state index >= 15 is 0 Å². The Morgan fingerprint density at radius 1 is 0.619 bits per heavy atom. The normalized spacial score (nSPS) is 10.9. The van der Waals surface area contributed by atoms with Crippen LogP contribution in [-0.2, 0) is 0 Å². The number of hydrogen-bond donors (Lipinski definition) is 2. The van der Waals surface area contributed by atoms with Gasteiger partial charge in [-0.2, -0.15) is 0 Å². The molecule has 0 aliphatic heterocycles. The molecule has 0 rings (SSSR count). The average molecular weight is 368 g/mol. The van der Waals surface area contributed by atoms with Gasteiger partial charge in [0.1, 0.15) is 0 Å². The molecule has 0 aromatic carbocycles. The first kappa shape index (κ1) is 26.3. The van der Waals surface area contributed by atoms with Crippen LogP contribution in [0.5, 0.6) is 0 Å². The van der Waals surface area contributed by atoms with Crippen LogP contribution in [0.4, 0.5) is 0 Å². The van der Waals surface area contributed by atoms with Crippen molar-refractivity contribution in [2.45, 2.75) is 116 Å². The lowest BCUT2D eigenvalue weighted by Crippen LogP contribution is -2.17. The molecule has 0 spiro atoms. The van der Waals surface area contributed by atoms with E-state index in [0.717, 1.165) is 6.42 Å². The van der Waals surface area contributed by atoms with Crippen molar-refractivity contribution in [2.75, 3.05) is 0 Å². The summed E-state index contributed by atoms with van der Waals surface area (Å²) in [5.41, 5.74) is -0.461. The van der Waals surface area contributed by atoms with Crippen molar-refractivity contribution in [2.24, 2.45) is 0 Å². The minimum absolute atomic E-state index is 0. The Balaban J connectivity index is -0.00000162. The van der Waals surface area contributed by atoms with Gasteiger partial charge < -0.3 is 11.3 Å². The lowest BCUT2D eigenvalue weighted by atomic mass is 9.99. The van der Waals surface area contributed by atoms with Crippen molar-refractivity contribution in [3.8, 4) is 0 Å². The molecule has 21 heavy (non-hydrogen) atoms. The molecule has 0 saturated carbocycles. The Bertz CT molecular complexity index is 181. The van der Waals surface area contributed by atoms with E-state index in [1.165, 1.54) is 83.5 Å². The molecular formula is C18H42BrNO. The highest BCUT2D eigenvalue weighted by molar-refractivity contribution is 8.93. The summed E-state index contributed by atoms with van der Waals surface area (Å²) in [5.74, 6) is 0. The van der Waals surface area contributed by atoms with Gasteiger partial charge in [-0.25, -0.2) is 0 Å². The van der Waals surface area contributed by atoms with Crippen molar-refractivity contribution in [1.29, 1.82) is 0 Å². The molecule has 2 nitrogen and oxygen atoms in total. The highest BCUT2D eigenvalue weighted by atomic mass is 79.9. The van der Waals surface area contributed by atoms with Crippen LogP contribution >= 0.6 is 17.0 Å². The zero-order chi connectivity index (χ0) is 14.4. The predicted octanol–water partition coefficient (Wildman–Crippen LogP) is 6.98. The van der Waals surface area contributed by atoms with Gasteiger partial charge in [0.15, 0.2) is 0 Å². The van der Waals surface area contributed by atoms with Crippen LogP contribution in [0.2, 0.25) is 0 Å². The quantitative estimate of drug-likeness (QED) is 0.325. The van der Waals surface area contributed by atoms with Crippen molar-refractivity contribution in [1.82, 2.24) is 6.15 Å². The second kappa shape index (κ2) is 18.4. The predicted molar refractivity (Wildman–Crippen MR) is 102 cm³/mol. The minimum Gasteiger partial charge on any atom is -0.390 e. The smallest absolute Gasteiger partial charge is 0.0591 e. The molecule has 3 heteroatoms. The van der Waals surface area contributed by atoms with Gasteiger partial charge in [-0.15, -0.1) is 17.0 Å². The maximum absolute atomic E-state index is 9.59. The van der Waals surface area contributed by atoms with E-state index < -0.39 is 5.60 Å². The maximum Gasteiger partial charge on any atom is 0.0591 e. The number of halogens is 1. The van der Waals surface area contributed by atoms with Crippen molar-refractivity contribution in [3.05, 3.63) is 0 Å². The molecule has 0 amide bonds. The number of rotatable bonds is 14. The van der Waals surface area contributed by atoms with Gasteiger partial charge in [0.05, 0.1) is 5.60 Å². The summed E-state index contributed by atoms with van der Waals surface area (Å²) in [6, 6.07) is 0. The summed E-state index contributed by atoms with van der Waals surface area (Å²) < 4.78 is 0. The average Bonchev–Trinajstić information content (AvgIpc) is 2.34. The number of aliphatic hydroxyl groups is 1. The minimum atomic E-state index is -0.461. The third kappa shape index (κ3) is 25.7. The van der Waals surface area contributed by atoms with Crippen LogP contribution in [0.25, 0.3) is 0 Å². The van der Waals surface area contributed by atoms with Gasteiger partial charge in [0.25, 0.3) is 0 Å². The molecule has 4 N–H and O–H groups in total. The highest BCUT2D eigenvalue weighted by Gasteiger charge is 2.10. The van der Waals surface area contributed by atoms with Crippen LogP contribution in [0.3, 0.4) is 0 Å². The van der Waals surface area contributed by atoms with Crippen LogP contribution in [-0.4, -0.2) is 10.7 Å². The topological polar surface area (TPSA) is 55.2 Å². The summed E-state index contributed by atoms with van der Waals surface area (Å²) in [5, 5.41) is 9.59. The standard InChI is InChI=1S/C18H38O.BrH.H3N/c1-4-5-6-7-8-9-10-11-12-13-14-15-16-17-18(2,3)19;;/h19H,4-17H2,1-3H3;1H;1H3. The molecule has 0 atom stereocenters. The highest BCUT2D eigenvalue weighted by Crippen LogP contribution is 2.16. The molecular weight excluding hydrogens is 326 g/mol. The Labute approximate surface area is 144 Å². The Kier molecular flexibility index (Phi) is 23.1. The van der Waals surface area contributed by atoms with Gasteiger partial charge in [0.2, 0.25) is 0 Å². The molecule has 0 aromatic heterocycles.